The van der Waals surface area contributed by atoms with Crippen molar-refractivity contribution in [3.8, 4) is 0 Å². The number of carbonyl (C=O) groups excluding carboxylic acids is 1. The van der Waals surface area contributed by atoms with Crippen LogP contribution in [-0.2, 0) is 0 Å². The molecule has 17 heavy (non-hydrogen) atoms. The summed E-state index contributed by atoms with van der Waals surface area (Å²) < 4.78 is 0. The second kappa shape index (κ2) is 4.92. The SMILES string of the molecule is NC(=O)Nc1ccc(C2=NNC(=S)CC2)cc1. The molecule has 2 rings (SSSR count). The number of thiocarbonyl (C=S) groups is 1. The molecule has 1 aliphatic heterocycles. The highest BCUT2D eigenvalue weighted by atomic mass is 32.1. The van der Waals surface area contributed by atoms with E-state index < -0.39 is 6.03 Å². The summed E-state index contributed by atoms with van der Waals surface area (Å²) in [4.78, 5) is 11.4. The lowest BCUT2D eigenvalue weighted by Crippen LogP contribution is -2.24. The van der Waals surface area contributed by atoms with Gasteiger partial charge in [-0.1, -0.05) is 24.4 Å². The Bertz CT molecular complexity index is 481. The molecule has 0 aliphatic carbocycles. The monoisotopic (exact) mass is 248 g/mol. The Morgan fingerprint density at radius 1 is 1.35 bits per heavy atom. The van der Waals surface area contributed by atoms with Crippen LogP contribution in [0, 0.1) is 0 Å². The van der Waals surface area contributed by atoms with Crippen LogP contribution in [0.25, 0.3) is 0 Å². The van der Waals surface area contributed by atoms with Crippen molar-refractivity contribution in [3.05, 3.63) is 29.8 Å². The number of primary amides is 1. The first kappa shape index (κ1) is 11.5. The van der Waals surface area contributed by atoms with E-state index in [1.165, 1.54) is 0 Å². The number of hydrazone groups is 1. The molecule has 0 saturated heterocycles. The molecule has 1 aromatic rings. The summed E-state index contributed by atoms with van der Waals surface area (Å²) in [5.74, 6) is 0. The Balaban J connectivity index is 2.12. The van der Waals surface area contributed by atoms with E-state index in [-0.39, 0.29) is 0 Å². The van der Waals surface area contributed by atoms with E-state index in [4.69, 9.17) is 18.0 Å². The zero-order chi connectivity index (χ0) is 12.3. The average molecular weight is 248 g/mol. The lowest BCUT2D eigenvalue weighted by atomic mass is 10.0. The van der Waals surface area contributed by atoms with Crippen molar-refractivity contribution in [2.45, 2.75) is 12.8 Å². The van der Waals surface area contributed by atoms with Gasteiger partial charge >= 0.3 is 6.03 Å². The minimum absolute atomic E-state index is 0.570. The molecule has 1 heterocycles. The third-order valence-corrected chi connectivity index (χ3v) is 2.69. The highest BCUT2D eigenvalue weighted by Gasteiger charge is 2.10. The lowest BCUT2D eigenvalue weighted by molar-refractivity contribution is 0.259. The number of nitrogens with two attached hydrogens (primary N) is 1. The molecular formula is C11H12N4OS. The summed E-state index contributed by atoms with van der Waals surface area (Å²) in [6, 6.07) is 6.78. The van der Waals surface area contributed by atoms with Gasteiger partial charge in [0.15, 0.2) is 0 Å². The Morgan fingerprint density at radius 2 is 2.06 bits per heavy atom. The maximum atomic E-state index is 10.7. The van der Waals surface area contributed by atoms with Crippen molar-refractivity contribution >= 4 is 34.6 Å². The number of carbonyl (C=O) groups is 1. The van der Waals surface area contributed by atoms with Gasteiger partial charge in [-0.3, -0.25) is 5.43 Å². The highest BCUT2D eigenvalue weighted by molar-refractivity contribution is 7.80. The molecule has 0 spiro atoms. The Morgan fingerprint density at radius 3 is 2.59 bits per heavy atom. The molecule has 0 atom stereocenters. The second-order valence-corrected chi connectivity index (χ2v) is 4.15. The van der Waals surface area contributed by atoms with Crippen molar-refractivity contribution in [2.24, 2.45) is 10.8 Å². The van der Waals surface area contributed by atoms with Crippen molar-refractivity contribution in [1.29, 1.82) is 0 Å². The first-order chi connectivity index (χ1) is 8.15. The maximum Gasteiger partial charge on any atom is 0.316 e. The van der Waals surface area contributed by atoms with Crippen molar-refractivity contribution in [2.75, 3.05) is 5.32 Å². The predicted molar refractivity (Wildman–Crippen MR) is 71.2 cm³/mol. The van der Waals surface area contributed by atoms with E-state index in [1.807, 2.05) is 12.1 Å². The molecule has 2 amide bonds. The molecule has 0 bridgehead atoms. The quantitative estimate of drug-likeness (QED) is 0.695. The minimum atomic E-state index is -0.570. The number of nitrogens with zero attached hydrogens (tertiary/aromatic N) is 1. The van der Waals surface area contributed by atoms with Gasteiger partial charge in [-0.05, 0) is 24.1 Å². The van der Waals surface area contributed by atoms with E-state index in [2.05, 4.69) is 15.8 Å². The minimum Gasteiger partial charge on any atom is -0.351 e. The zero-order valence-electron chi connectivity index (χ0n) is 9.06. The number of benzene rings is 1. The third-order valence-electron chi connectivity index (χ3n) is 2.39. The normalized spacial score (nSPS) is 14.8. The fourth-order valence-corrected chi connectivity index (χ4v) is 1.72. The van der Waals surface area contributed by atoms with E-state index in [0.29, 0.717) is 5.69 Å². The molecule has 0 fully saturated rings. The predicted octanol–water partition coefficient (Wildman–Crippen LogP) is 1.59. The number of anilines is 1. The Labute approximate surface area is 104 Å². The number of hydrogen-bond donors (Lipinski definition) is 3. The van der Waals surface area contributed by atoms with Gasteiger partial charge in [0.2, 0.25) is 0 Å². The third kappa shape index (κ3) is 3.01. The molecule has 0 radical (unpaired) electrons. The summed E-state index contributed by atoms with van der Waals surface area (Å²) in [5, 5.41) is 6.69. The van der Waals surface area contributed by atoms with Gasteiger partial charge in [0.1, 0.15) is 0 Å². The summed E-state index contributed by atoms with van der Waals surface area (Å²) in [5.41, 5.74) is 10.5. The van der Waals surface area contributed by atoms with E-state index >= 15 is 0 Å². The Hall–Kier alpha value is -1.95. The van der Waals surface area contributed by atoms with Gasteiger partial charge in [-0.25, -0.2) is 4.79 Å². The lowest BCUT2D eigenvalue weighted by Gasteiger charge is -2.14. The molecule has 0 aromatic heterocycles. The van der Waals surface area contributed by atoms with E-state index in [1.54, 1.807) is 12.1 Å². The molecular weight excluding hydrogens is 236 g/mol. The topological polar surface area (TPSA) is 79.5 Å². The molecule has 1 aliphatic rings. The van der Waals surface area contributed by atoms with Gasteiger partial charge in [0.05, 0.1) is 10.7 Å². The first-order valence-corrected chi connectivity index (χ1v) is 5.58. The van der Waals surface area contributed by atoms with Crippen LogP contribution in [0.1, 0.15) is 18.4 Å². The smallest absolute Gasteiger partial charge is 0.316 e. The number of hydrogen-bond acceptors (Lipinski definition) is 3. The van der Waals surface area contributed by atoms with Crippen molar-refractivity contribution in [3.63, 3.8) is 0 Å². The molecule has 0 saturated carbocycles. The molecule has 1 aromatic carbocycles. The van der Waals surface area contributed by atoms with Gasteiger partial charge in [0, 0.05) is 12.1 Å². The van der Waals surface area contributed by atoms with Crippen molar-refractivity contribution < 1.29 is 4.79 Å². The summed E-state index contributed by atoms with van der Waals surface area (Å²) in [6.07, 6.45) is 1.64. The van der Waals surface area contributed by atoms with Crippen molar-refractivity contribution in [1.82, 2.24) is 5.43 Å². The summed E-state index contributed by atoms with van der Waals surface area (Å²) >= 11 is 5.00. The molecule has 5 nitrogen and oxygen atoms in total. The van der Waals surface area contributed by atoms with Crippen LogP contribution in [0.3, 0.4) is 0 Å². The number of urea groups is 1. The fraction of sp³-hybridized carbons (Fsp3) is 0.182. The van der Waals surface area contributed by atoms with E-state index in [9.17, 15) is 4.79 Å². The summed E-state index contributed by atoms with van der Waals surface area (Å²) in [7, 11) is 0. The van der Waals surface area contributed by atoms with Gasteiger partial charge in [-0.15, -0.1) is 0 Å². The Kier molecular flexibility index (Phi) is 3.34. The number of amides is 2. The second-order valence-electron chi connectivity index (χ2n) is 3.66. The fourth-order valence-electron chi connectivity index (χ4n) is 1.57. The van der Waals surface area contributed by atoms with Crippen LogP contribution in [0.2, 0.25) is 0 Å². The standard InChI is InChI=1S/C11H12N4OS/c12-11(16)13-8-3-1-7(2-4-8)9-5-6-10(17)15-14-9/h1-4H,5-6H2,(H,15,17)(H3,12,13,16). The van der Waals surface area contributed by atoms with Crippen LogP contribution in [-0.4, -0.2) is 16.7 Å². The molecule has 88 valence electrons. The largest absolute Gasteiger partial charge is 0.351 e. The van der Waals surface area contributed by atoms with Gasteiger partial charge in [-0.2, -0.15) is 5.10 Å². The van der Waals surface area contributed by atoms with Gasteiger partial charge in [0.25, 0.3) is 0 Å². The van der Waals surface area contributed by atoms with Gasteiger partial charge < -0.3 is 11.1 Å². The first-order valence-electron chi connectivity index (χ1n) is 5.17. The van der Waals surface area contributed by atoms with Crippen LogP contribution >= 0.6 is 12.2 Å². The molecule has 4 N–H and O–H groups in total. The van der Waals surface area contributed by atoms with Crippen LogP contribution < -0.4 is 16.5 Å². The molecule has 6 heteroatoms. The van der Waals surface area contributed by atoms with E-state index in [0.717, 1.165) is 29.1 Å². The molecule has 0 unspecified atom stereocenters. The van der Waals surface area contributed by atoms with Crippen LogP contribution in [0.15, 0.2) is 29.4 Å². The number of nitrogens with one attached hydrogen (secondary N) is 2. The summed E-state index contributed by atoms with van der Waals surface area (Å²) in [6.45, 7) is 0. The van der Waals surface area contributed by atoms with Crippen LogP contribution in [0.4, 0.5) is 10.5 Å². The highest BCUT2D eigenvalue weighted by Crippen LogP contribution is 2.14. The maximum absolute atomic E-state index is 10.7. The number of rotatable bonds is 2. The zero-order valence-corrected chi connectivity index (χ0v) is 9.88. The van der Waals surface area contributed by atoms with Crippen LogP contribution in [0.5, 0.6) is 0 Å². The average Bonchev–Trinajstić information content (AvgIpc) is 2.30.